The van der Waals surface area contributed by atoms with Crippen LogP contribution in [-0.2, 0) is 14.3 Å². The maximum Gasteiger partial charge on any atom is 0.408 e. The molecule has 2 N–H and O–H groups in total. The molecular weight excluding hydrogens is 466 g/mol. The fraction of sp³-hybridized carbons (Fsp3) is 0.500. The second kappa shape index (κ2) is 12.7. The average molecular weight is 510 g/mol. The summed E-state index contributed by atoms with van der Waals surface area (Å²) in [7, 11) is 0. The lowest BCUT2D eigenvalue weighted by Crippen LogP contribution is -2.56. The van der Waals surface area contributed by atoms with Gasteiger partial charge < -0.3 is 20.3 Å². The van der Waals surface area contributed by atoms with E-state index in [4.69, 9.17) is 4.74 Å². The third-order valence-electron chi connectivity index (χ3n) is 6.21. The first kappa shape index (κ1) is 29.9. The third-order valence-corrected chi connectivity index (χ3v) is 6.21. The van der Waals surface area contributed by atoms with E-state index >= 15 is 0 Å². The van der Waals surface area contributed by atoms with Crippen molar-refractivity contribution >= 4 is 23.6 Å². The molecule has 37 heavy (non-hydrogen) atoms. The van der Waals surface area contributed by atoms with Crippen molar-refractivity contribution < 1.29 is 19.1 Å². The first-order chi connectivity index (χ1) is 17.2. The van der Waals surface area contributed by atoms with Gasteiger partial charge in [-0.15, -0.1) is 0 Å². The summed E-state index contributed by atoms with van der Waals surface area (Å²) in [5.74, 6) is -0.876. The highest BCUT2D eigenvalue weighted by atomic mass is 16.6. The molecule has 0 bridgehead atoms. The Hall–Kier alpha value is -3.35. The Morgan fingerprint density at radius 2 is 1.62 bits per heavy atom. The van der Waals surface area contributed by atoms with Gasteiger partial charge in [0.25, 0.3) is 5.91 Å². The molecule has 0 aliphatic rings. The molecule has 2 aromatic rings. The molecule has 0 aliphatic carbocycles. The largest absolute Gasteiger partial charge is 0.444 e. The number of rotatable bonds is 9. The third kappa shape index (κ3) is 8.34. The van der Waals surface area contributed by atoms with Crippen LogP contribution in [0.25, 0.3) is 0 Å². The molecule has 0 saturated heterocycles. The van der Waals surface area contributed by atoms with Gasteiger partial charge in [-0.2, -0.15) is 0 Å². The maximum atomic E-state index is 14.2. The summed E-state index contributed by atoms with van der Waals surface area (Å²) in [6.45, 7) is 16.8. The van der Waals surface area contributed by atoms with Crippen molar-refractivity contribution in [3.63, 3.8) is 0 Å². The Bertz CT molecular complexity index is 1090. The smallest absolute Gasteiger partial charge is 0.408 e. The number of nitrogens with one attached hydrogen (secondary N) is 2. The zero-order valence-corrected chi connectivity index (χ0v) is 23.7. The van der Waals surface area contributed by atoms with E-state index < -0.39 is 23.8 Å². The van der Waals surface area contributed by atoms with Crippen molar-refractivity contribution in [3.05, 3.63) is 65.2 Å². The molecule has 0 aliphatic heterocycles. The zero-order chi connectivity index (χ0) is 27.9. The molecule has 0 saturated carbocycles. The van der Waals surface area contributed by atoms with E-state index in [1.165, 1.54) is 0 Å². The monoisotopic (exact) mass is 509 g/mol. The normalized spacial score (nSPS) is 13.9. The van der Waals surface area contributed by atoms with Crippen LogP contribution in [0.4, 0.5) is 10.5 Å². The number of benzene rings is 2. The van der Waals surface area contributed by atoms with E-state index in [0.29, 0.717) is 17.7 Å². The molecule has 7 nitrogen and oxygen atoms in total. The van der Waals surface area contributed by atoms with E-state index in [2.05, 4.69) is 10.6 Å². The van der Waals surface area contributed by atoms with Crippen LogP contribution in [0.3, 0.4) is 0 Å². The Balaban J connectivity index is 2.56. The first-order valence-electron chi connectivity index (χ1n) is 13.0. The van der Waals surface area contributed by atoms with Gasteiger partial charge in [0, 0.05) is 11.7 Å². The highest BCUT2D eigenvalue weighted by Gasteiger charge is 2.39. The van der Waals surface area contributed by atoms with Crippen LogP contribution in [-0.4, -0.2) is 40.5 Å². The highest BCUT2D eigenvalue weighted by molar-refractivity contribution is 5.99. The van der Waals surface area contributed by atoms with Crippen LogP contribution in [0.5, 0.6) is 0 Å². The molecule has 0 heterocycles. The summed E-state index contributed by atoms with van der Waals surface area (Å²) in [6, 6.07) is 13.1. The van der Waals surface area contributed by atoms with Crippen LogP contribution in [0, 0.1) is 19.8 Å². The van der Waals surface area contributed by atoms with Gasteiger partial charge in [0.1, 0.15) is 17.7 Å². The Morgan fingerprint density at radius 3 is 2.16 bits per heavy atom. The quantitative estimate of drug-likeness (QED) is 0.424. The predicted molar refractivity (Wildman–Crippen MR) is 148 cm³/mol. The molecule has 3 amide bonds. The van der Waals surface area contributed by atoms with Crippen molar-refractivity contribution in [1.82, 2.24) is 10.2 Å². The lowest BCUT2D eigenvalue weighted by molar-refractivity contribution is -0.144. The number of aryl methyl sites for hydroxylation is 2. The lowest BCUT2D eigenvalue weighted by Gasteiger charge is -2.39. The van der Waals surface area contributed by atoms with Crippen molar-refractivity contribution in [2.45, 2.75) is 92.5 Å². The molecule has 3 unspecified atom stereocenters. The van der Waals surface area contributed by atoms with Crippen LogP contribution in [0.15, 0.2) is 48.5 Å². The Morgan fingerprint density at radius 1 is 0.973 bits per heavy atom. The van der Waals surface area contributed by atoms with Crippen LogP contribution in [0.1, 0.15) is 77.6 Å². The summed E-state index contributed by atoms with van der Waals surface area (Å²) in [4.78, 5) is 42.4. The fourth-order valence-electron chi connectivity index (χ4n) is 4.10. The summed E-state index contributed by atoms with van der Waals surface area (Å²) in [5, 5.41) is 5.80. The number of anilines is 1. The van der Waals surface area contributed by atoms with E-state index in [1.807, 2.05) is 90.1 Å². The number of alkyl carbamates (subject to hydrolysis) is 1. The second-order valence-corrected chi connectivity index (χ2v) is 11.0. The summed E-state index contributed by atoms with van der Waals surface area (Å²) < 4.78 is 5.44. The van der Waals surface area contributed by atoms with Gasteiger partial charge in [0.15, 0.2) is 0 Å². The van der Waals surface area contributed by atoms with Crippen molar-refractivity contribution in [2.24, 2.45) is 5.92 Å². The van der Waals surface area contributed by atoms with E-state index in [9.17, 15) is 14.4 Å². The van der Waals surface area contributed by atoms with E-state index in [-0.39, 0.29) is 23.8 Å². The molecule has 7 heteroatoms. The zero-order valence-electron chi connectivity index (χ0n) is 23.7. The predicted octanol–water partition coefficient (Wildman–Crippen LogP) is 6.16. The molecule has 0 radical (unpaired) electrons. The molecule has 2 rings (SSSR count). The van der Waals surface area contributed by atoms with E-state index in [0.717, 1.165) is 11.1 Å². The van der Waals surface area contributed by atoms with Crippen molar-refractivity contribution in [2.75, 3.05) is 5.32 Å². The number of hydrogen-bond donors (Lipinski definition) is 2. The molecule has 2 aromatic carbocycles. The van der Waals surface area contributed by atoms with Gasteiger partial charge in [-0.25, -0.2) is 4.79 Å². The second-order valence-electron chi connectivity index (χ2n) is 11.0. The minimum atomic E-state index is -0.899. The van der Waals surface area contributed by atoms with Gasteiger partial charge in [-0.1, -0.05) is 68.8 Å². The number of ether oxygens (including phenoxy) is 1. The number of nitrogens with zero attached hydrogens (tertiary/aromatic N) is 1. The fourth-order valence-corrected chi connectivity index (χ4v) is 4.10. The van der Waals surface area contributed by atoms with Crippen molar-refractivity contribution in [3.8, 4) is 0 Å². The van der Waals surface area contributed by atoms with Gasteiger partial charge in [0.05, 0.1) is 0 Å². The van der Waals surface area contributed by atoms with Gasteiger partial charge >= 0.3 is 6.09 Å². The van der Waals surface area contributed by atoms with Gasteiger partial charge in [-0.3, -0.25) is 9.59 Å². The van der Waals surface area contributed by atoms with Gasteiger partial charge in [0.2, 0.25) is 5.91 Å². The summed E-state index contributed by atoms with van der Waals surface area (Å²) in [6.07, 6.45) is -0.0386. The number of amides is 3. The molecule has 0 fully saturated rings. The molecule has 0 spiro atoms. The first-order valence-corrected chi connectivity index (χ1v) is 13.0. The SMILES string of the molecule is CCC(C)N(C(=O)C(NC(=O)OC(C)(C)C)C(C)C)C(C(=O)Nc1ccccc1C)c1cccc(C)c1. The Labute approximate surface area is 222 Å². The van der Waals surface area contributed by atoms with Gasteiger partial charge in [-0.05, 0) is 71.1 Å². The molecule has 202 valence electrons. The van der Waals surface area contributed by atoms with Crippen LogP contribution >= 0.6 is 0 Å². The standard InChI is InChI=1S/C30H43N3O4/c1-10-22(6)33(28(35)25(19(2)3)32-29(36)37-30(7,8)9)26(23-16-13-14-20(4)18-23)27(34)31-24-17-12-11-15-21(24)5/h11-19,22,25-26H,10H2,1-9H3,(H,31,34)(H,32,36). The average Bonchev–Trinajstić information content (AvgIpc) is 2.80. The summed E-state index contributed by atoms with van der Waals surface area (Å²) in [5.41, 5.74) is 2.60. The van der Waals surface area contributed by atoms with Crippen molar-refractivity contribution in [1.29, 1.82) is 0 Å². The molecule has 0 aromatic heterocycles. The number of carbonyl (C=O) groups excluding carboxylic acids is 3. The van der Waals surface area contributed by atoms with E-state index in [1.54, 1.807) is 25.7 Å². The number of hydrogen-bond acceptors (Lipinski definition) is 4. The molecule has 3 atom stereocenters. The van der Waals surface area contributed by atoms with Crippen LogP contribution < -0.4 is 10.6 Å². The topological polar surface area (TPSA) is 87.7 Å². The number of carbonyl (C=O) groups is 3. The maximum absolute atomic E-state index is 14.2. The van der Waals surface area contributed by atoms with Crippen LogP contribution in [0.2, 0.25) is 0 Å². The highest BCUT2D eigenvalue weighted by Crippen LogP contribution is 2.29. The number of para-hydroxylation sites is 1. The minimum Gasteiger partial charge on any atom is -0.444 e. The lowest BCUT2D eigenvalue weighted by atomic mass is 9.96. The Kier molecular flexibility index (Phi) is 10.3. The minimum absolute atomic E-state index is 0.232. The summed E-state index contributed by atoms with van der Waals surface area (Å²) >= 11 is 0. The molecular formula is C30H43N3O4.